The molecular weight excluding hydrogens is 508 g/mol. The number of carboxylic acid groups (broad SMARTS) is 1. The predicted molar refractivity (Wildman–Crippen MR) is 156 cm³/mol. The maximum absolute atomic E-state index is 12.1. The molecule has 2 aliphatic rings. The number of benzene rings is 2. The van der Waals surface area contributed by atoms with Gasteiger partial charge < -0.3 is 14.9 Å². The molecule has 39 heavy (non-hydrogen) atoms. The zero-order chi connectivity index (χ0) is 27.3. The van der Waals surface area contributed by atoms with E-state index in [1.54, 1.807) is 18.3 Å². The van der Waals surface area contributed by atoms with Crippen LogP contribution >= 0.6 is 11.3 Å². The van der Waals surface area contributed by atoms with E-state index >= 15 is 0 Å². The Hall–Kier alpha value is -3.98. The normalized spacial score (nSPS) is 17.7. The van der Waals surface area contributed by atoms with Crippen molar-refractivity contribution in [1.29, 1.82) is 0 Å². The third kappa shape index (κ3) is 4.40. The van der Waals surface area contributed by atoms with E-state index in [0.29, 0.717) is 5.82 Å². The standard InChI is InChI=1S/C30H32N6O2S/c1-18-20(3)39-29-25(18)27(31-26(19(2)30(37)38)28-33-32-21(4)36(28)29)22-10-12-24(13-11-22)35-16-14-34(15-17-35)23-8-6-5-7-9-23/h5-13,19,26H,14-17H2,1-4H3,(H,37,38)/t19-,26?/m0/s1. The summed E-state index contributed by atoms with van der Waals surface area (Å²) >= 11 is 1.68. The van der Waals surface area contributed by atoms with Gasteiger partial charge in [-0.1, -0.05) is 30.3 Å². The molecule has 2 aromatic heterocycles. The van der Waals surface area contributed by atoms with Gasteiger partial charge in [-0.25, -0.2) is 0 Å². The number of carbonyl (C=O) groups is 1. The van der Waals surface area contributed by atoms with E-state index in [9.17, 15) is 9.90 Å². The van der Waals surface area contributed by atoms with Crippen molar-refractivity contribution in [3.8, 4) is 5.00 Å². The van der Waals surface area contributed by atoms with Crippen LogP contribution < -0.4 is 9.80 Å². The van der Waals surface area contributed by atoms with Crippen molar-refractivity contribution in [2.75, 3.05) is 36.0 Å². The Balaban J connectivity index is 1.35. The number of aromatic nitrogens is 3. The van der Waals surface area contributed by atoms with Crippen LogP contribution in [0, 0.1) is 26.7 Å². The van der Waals surface area contributed by atoms with Crippen LogP contribution in [0.15, 0.2) is 59.6 Å². The Morgan fingerprint density at radius 2 is 1.54 bits per heavy atom. The molecule has 1 saturated heterocycles. The van der Waals surface area contributed by atoms with Gasteiger partial charge in [-0.05, 0) is 57.5 Å². The molecule has 4 aromatic rings. The lowest BCUT2D eigenvalue weighted by Crippen LogP contribution is -2.46. The monoisotopic (exact) mass is 540 g/mol. The zero-order valence-corrected chi connectivity index (χ0v) is 23.4. The lowest BCUT2D eigenvalue weighted by atomic mass is 9.98. The minimum Gasteiger partial charge on any atom is -0.481 e. The van der Waals surface area contributed by atoms with Crippen molar-refractivity contribution in [3.05, 3.63) is 87.8 Å². The molecule has 4 heterocycles. The molecule has 9 heteroatoms. The fourth-order valence-corrected chi connectivity index (χ4v) is 6.72. The first kappa shape index (κ1) is 25.3. The number of rotatable bonds is 5. The molecule has 6 rings (SSSR count). The van der Waals surface area contributed by atoms with Gasteiger partial charge in [-0.2, -0.15) is 0 Å². The van der Waals surface area contributed by atoms with E-state index in [-0.39, 0.29) is 0 Å². The van der Waals surface area contributed by atoms with Gasteiger partial charge in [-0.15, -0.1) is 21.5 Å². The number of carboxylic acids is 1. The van der Waals surface area contributed by atoms with Gasteiger partial charge in [0.25, 0.3) is 0 Å². The van der Waals surface area contributed by atoms with Gasteiger partial charge in [0.05, 0.1) is 11.6 Å². The molecule has 0 radical (unpaired) electrons. The van der Waals surface area contributed by atoms with Crippen LogP contribution in [0.2, 0.25) is 0 Å². The fourth-order valence-electron chi connectivity index (χ4n) is 5.51. The number of piperazine rings is 1. The van der Waals surface area contributed by atoms with Crippen LogP contribution in [-0.2, 0) is 4.79 Å². The summed E-state index contributed by atoms with van der Waals surface area (Å²) in [5.41, 5.74) is 6.43. The summed E-state index contributed by atoms with van der Waals surface area (Å²) < 4.78 is 2.00. The summed E-state index contributed by atoms with van der Waals surface area (Å²) in [5.74, 6) is -0.347. The first-order valence-electron chi connectivity index (χ1n) is 13.3. The number of fused-ring (bicyclic) bond motifs is 3. The van der Waals surface area contributed by atoms with Crippen LogP contribution in [0.25, 0.3) is 5.00 Å². The number of hydrogen-bond acceptors (Lipinski definition) is 7. The summed E-state index contributed by atoms with van der Waals surface area (Å²) in [6.45, 7) is 11.7. The summed E-state index contributed by atoms with van der Waals surface area (Å²) in [6.07, 6.45) is 0. The number of thiophene rings is 1. The summed E-state index contributed by atoms with van der Waals surface area (Å²) in [7, 11) is 0. The van der Waals surface area contributed by atoms with E-state index in [0.717, 1.165) is 59.4 Å². The molecule has 1 unspecified atom stereocenters. The number of nitrogens with zero attached hydrogens (tertiary/aromatic N) is 6. The SMILES string of the molecule is Cc1sc2c(c1C)C(c1ccc(N3CCN(c4ccccc4)CC3)cc1)=NC([C@H](C)C(=O)O)c1nnc(C)n1-2. The third-order valence-electron chi connectivity index (χ3n) is 7.96. The van der Waals surface area contributed by atoms with E-state index in [1.165, 1.54) is 16.3 Å². The van der Waals surface area contributed by atoms with Crippen molar-refractivity contribution >= 4 is 34.4 Å². The first-order chi connectivity index (χ1) is 18.8. The second kappa shape index (κ2) is 9.96. The van der Waals surface area contributed by atoms with Gasteiger partial charge in [0, 0.05) is 53.6 Å². The minimum atomic E-state index is -0.904. The van der Waals surface area contributed by atoms with E-state index < -0.39 is 17.9 Å². The predicted octanol–water partition coefficient (Wildman–Crippen LogP) is 5.19. The minimum absolute atomic E-state index is 0.577. The highest BCUT2D eigenvalue weighted by atomic mass is 32.1. The Kier molecular flexibility index (Phi) is 6.46. The lowest BCUT2D eigenvalue weighted by Gasteiger charge is -2.37. The van der Waals surface area contributed by atoms with Gasteiger partial charge >= 0.3 is 5.97 Å². The van der Waals surface area contributed by atoms with Gasteiger partial charge in [-0.3, -0.25) is 14.4 Å². The molecule has 2 aliphatic heterocycles. The van der Waals surface area contributed by atoms with E-state index in [1.807, 2.05) is 11.5 Å². The molecule has 1 fully saturated rings. The third-order valence-corrected chi connectivity index (χ3v) is 9.15. The first-order valence-corrected chi connectivity index (χ1v) is 14.1. The number of para-hydroxylation sites is 1. The summed E-state index contributed by atoms with van der Waals surface area (Å²) in [6, 6.07) is 18.5. The highest BCUT2D eigenvalue weighted by molar-refractivity contribution is 7.15. The molecule has 2 aromatic carbocycles. The Labute approximate surface area is 232 Å². The Morgan fingerprint density at radius 3 is 2.15 bits per heavy atom. The van der Waals surface area contributed by atoms with Crippen LogP contribution in [-0.4, -0.2) is 57.7 Å². The lowest BCUT2D eigenvalue weighted by molar-refractivity contribution is -0.141. The second-order valence-corrected chi connectivity index (χ2v) is 11.5. The van der Waals surface area contributed by atoms with E-state index in [2.05, 4.69) is 88.4 Å². The summed E-state index contributed by atoms with van der Waals surface area (Å²) in [4.78, 5) is 23.3. The van der Waals surface area contributed by atoms with Crippen molar-refractivity contribution in [1.82, 2.24) is 14.8 Å². The maximum Gasteiger partial charge on any atom is 0.308 e. The molecule has 1 N–H and O–H groups in total. The molecule has 0 spiro atoms. The smallest absolute Gasteiger partial charge is 0.308 e. The Bertz CT molecular complexity index is 1550. The Morgan fingerprint density at radius 1 is 0.923 bits per heavy atom. The number of aliphatic imine (C=N–C) groups is 1. The van der Waals surface area contributed by atoms with Crippen molar-refractivity contribution < 1.29 is 9.90 Å². The molecule has 0 bridgehead atoms. The second-order valence-electron chi connectivity index (χ2n) is 10.3. The quantitative estimate of drug-likeness (QED) is 0.375. The molecule has 0 aliphatic carbocycles. The number of aryl methyl sites for hydroxylation is 2. The number of anilines is 2. The van der Waals surface area contributed by atoms with Crippen molar-refractivity contribution in [2.24, 2.45) is 10.9 Å². The molecule has 200 valence electrons. The van der Waals surface area contributed by atoms with Crippen LogP contribution in [0.4, 0.5) is 11.4 Å². The highest BCUT2D eigenvalue weighted by Crippen LogP contribution is 2.40. The van der Waals surface area contributed by atoms with Crippen LogP contribution in [0.5, 0.6) is 0 Å². The summed E-state index contributed by atoms with van der Waals surface area (Å²) in [5, 5.41) is 19.6. The molecule has 2 atom stereocenters. The van der Waals surface area contributed by atoms with Crippen LogP contribution in [0.3, 0.4) is 0 Å². The zero-order valence-electron chi connectivity index (χ0n) is 22.6. The average Bonchev–Trinajstić information content (AvgIpc) is 3.43. The fraction of sp³-hybridized carbons (Fsp3) is 0.333. The highest BCUT2D eigenvalue weighted by Gasteiger charge is 2.36. The molecule has 0 saturated carbocycles. The van der Waals surface area contributed by atoms with Crippen molar-refractivity contribution in [2.45, 2.75) is 33.7 Å². The molecule has 0 amide bonds. The number of hydrogen-bond donors (Lipinski definition) is 1. The largest absolute Gasteiger partial charge is 0.481 e. The maximum atomic E-state index is 12.1. The molecule has 8 nitrogen and oxygen atoms in total. The van der Waals surface area contributed by atoms with Gasteiger partial charge in [0.15, 0.2) is 5.82 Å². The van der Waals surface area contributed by atoms with Gasteiger partial charge in [0.1, 0.15) is 16.9 Å². The number of aliphatic carboxylic acids is 1. The van der Waals surface area contributed by atoms with Crippen molar-refractivity contribution in [3.63, 3.8) is 0 Å². The topological polar surface area (TPSA) is 86.8 Å². The van der Waals surface area contributed by atoms with Gasteiger partial charge in [0.2, 0.25) is 0 Å². The van der Waals surface area contributed by atoms with E-state index in [4.69, 9.17) is 4.99 Å². The molecular formula is C30H32N6O2S. The van der Waals surface area contributed by atoms with Crippen LogP contribution in [0.1, 0.15) is 46.2 Å². The average molecular weight is 541 g/mol.